The van der Waals surface area contributed by atoms with Crippen LogP contribution in [0.3, 0.4) is 0 Å². The van der Waals surface area contributed by atoms with Gasteiger partial charge in [0.15, 0.2) is 0 Å². The smallest absolute Gasteiger partial charge is 0.352 e. The van der Waals surface area contributed by atoms with E-state index in [0.29, 0.717) is 26.9 Å². The van der Waals surface area contributed by atoms with E-state index in [0.717, 1.165) is 0 Å². The molecule has 23 heavy (non-hydrogen) atoms. The summed E-state index contributed by atoms with van der Waals surface area (Å²) < 4.78 is 9.58. The van der Waals surface area contributed by atoms with Gasteiger partial charge in [0.25, 0.3) is 0 Å². The third-order valence-electron chi connectivity index (χ3n) is 3.62. The van der Waals surface area contributed by atoms with Crippen LogP contribution in [0.4, 0.5) is 0 Å². The Morgan fingerprint density at radius 1 is 1.17 bits per heavy atom. The number of esters is 2. The summed E-state index contributed by atoms with van der Waals surface area (Å²) in [6.07, 6.45) is 0.175. The third-order valence-corrected chi connectivity index (χ3v) is 4.46. The predicted molar refractivity (Wildman–Crippen MR) is 88.0 cm³/mol. The molecule has 122 valence electrons. The molecular formula is C16H15Cl2NO4. The molecule has 1 aromatic rings. The molecule has 0 amide bonds. The van der Waals surface area contributed by atoms with Crippen molar-refractivity contribution in [2.45, 2.75) is 19.3 Å². The first-order chi connectivity index (χ1) is 10.9. The zero-order chi connectivity index (χ0) is 17.1. The van der Waals surface area contributed by atoms with Gasteiger partial charge >= 0.3 is 11.9 Å². The summed E-state index contributed by atoms with van der Waals surface area (Å²) in [4.78, 5) is 28.2. The molecule has 1 aromatic carbocycles. The lowest BCUT2D eigenvalue weighted by Gasteiger charge is -2.25. The zero-order valence-electron chi connectivity index (χ0n) is 12.9. The number of rotatable bonds is 3. The minimum atomic E-state index is -0.545. The van der Waals surface area contributed by atoms with Crippen molar-refractivity contribution < 1.29 is 19.1 Å². The van der Waals surface area contributed by atoms with Crippen LogP contribution >= 0.6 is 23.2 Å². The zero-order valence-corrected chi connectivity index (χ0v) is 14.4. The first kappa shape index (κ1) is 17.5. The van der Waals surface area contributed by atoms with E-state index in [1.54, 1.807) is 25.1 Å². The van der Waals surface area contributed by atoms with Crippen LogP contribution < -0.4 is 0 Å². The molecule has 0 N–H and O–H groups in total. The number of carbonyl (C=O) groups is 2. The summed E-state index contributed by atoms with van der Waals surface area (Å²) in [5, 5.41) is 0.702. The van der Waals surface area contributed by atoms with Gasteiger partial charge in [-0.3, -0.25) is 0 Å². The highest BCUT2D eigenvalue weighted by molar-refractivity contribution is 6.42. The van der Waals surface area contributed by atoms with Crippen LogP contribution in [-0.4, -0.2) is 31.9 Å². The van der Waals surface area contributed by atoms with Crippen LogP contribution in [-0.2, 0) is 19.1 Å². The quantitative estimate of drug-likeness (QED) is 0.777. The average molecular weight is 356 g/mol. The highest BCUT2D eigenvalue weighted by atomic mass is 35.5. The van der Waals surface area contributed by atoms with Gasteiger partial charge in [-0.05, 0) is 18.6 Å². The topological polar surface area (TPSA) is 65.0 Å². The molecule has 0 aromatic heterocycles. The molecule has 0 radical (unpaired) electrons. The Kier molecular flexibility index (Phi) is 5.44. The summed E-state index contributed by atoms with van der Waals surface area (Å²) >= 11 is 12.4. The molecule has 0 saturated carbocycles. The number of allylic oxidation sites excluding steroid dienone is 1. The molecule has 2 rings (SSSR count). The van der Waals surface area contributed by atoms with E-state index < -0.39 is 17.9 Å². The van der Waals surface area contributed by atoms with Crippen molar-refractivity contribution in [2.24, 2.45) is 4.99 Å². The molecule has 0 saturated heterocycles. The Bertz CT molecular complexity index is 725. The fourth-order valence-electron chi connectivity index (χ4n) is 2.56. The molecule has 0 aliphatic carbocycles. The Labute approximate surface area is 143 Å². The fraction of sp³-hybridized carbons (Fsp3) is 0.312. The maximum Gasteiger partial charge on any atom is 0.352 e. The molecule has 7 heteroatoms. The van der Waals surface area contributed by atoms with Crippen LogP contribution in [0.25, 0.3) is 0 Å². The largest absolute Gasteiger partial charge is 0.466 e. The van der Waals surface area contributed by atoms with Crippen molar-refractivity contribution in [1.29, 1.82) is 0 Å². The van der Waals surface area contributed by atoms with Crippen LogP contribution in [0.2, 0.25) is 10.0 Å². The molecule has 0 bridgehead atoms. The summed E-state index contributed by atoms with van der Waals surface area (Å²) in [6, 6.07) is 5.15. The molecule has 1 atom stereocenters. The van der Waals surface area contributed by atoms with Gasteiger partial charge in [-0.25, -0.2) is 14.6 Å². The normalized spacial score (nSPS) is 17.6. The van der Waals surface area contributed by atoms with Gasteiger partial charge in [0.2, 0.25) is 0 Å². The molecule has 1 heterocycles. The molecule has 1 aliphatic rings. The van der Waals surface area contributed by atoms with E-state index in [9.17, 15) is 9.59 Å². The van der Waals surface area contributed by atoms with Gasteiger partial charge in [-0.15, -0.1) is 0 Å². The first-order valence-electron chi connectivity index (χ1n) is 6.79. The lowest BCUT2D eigenvalue weighted by atomic mass is 9.83. The Balaban J connectivity index is 2.60. The minimum absolute atomic E-state index is 0.175. The monoisotopic (exact) mass is 355 g/mol. The van der Waals surface area contributed by atoms with Gasteiger partial charge in [0.05, 0.1) is 29.8 Å². The number of carbonyl (C=O) groups excluding carboxylic acids is 2. The average Bonchev–Trinajstić information content (AvgIpc) is 2.55. The standard InChI is InChI=1S/C16H15Cl2NO4/c1-8-13(16(21)23-3)10(7-12(19-8)15(20)22-2)9-5-4-6-11(17)14(9)18/h4-6,10H,7H2,1-3H3. The molecule has 0 fully saturated rings. The van der Waals surface area contributed by atoms with Gasteiger partial charge < -0.3 is 9.47 Å². The second-order valence-corrected chi connectivity index (χ2v) is 5.73. The van der Waals surface area contributed by atoms with Crippen molar-refractivity contribution in [3.8, 4) is 0 Å². The summed E-state index contributed by atoms with van der Waals surface area (Å²) in [7, 11) is 2.57. The molecule has 0 spiro atoms. The second kappa shape index (κ2) is 7.15. The molecule has 1 unspecified atom stereocenters. The van der Waals surface area contributed by atoms with Crippen molar-refractivity contribution in [2.75, 3.05) is 14.2 Å². The number of halogens is 2. The highest BCUT2D eigenvalue weighted by Crippen LogP contribution is 2.40. The predicted octanol–water partition coefficient (Wildman–Crippen LogP) is 3.54. The van der Waals surface area contributed by atoms with Crippen molar-refractivity contribution >= 4 is 40.9 Å². The van der Waals surface area contributed by atoms with E-state index >= 15 is 0 Å². The number of benzene rings is 1. The number of hydrogen-bond acceptors (Lipinski definition) is 5. The third kappa shape index (κ3) is 3.41. The van der Waals surface area contributed by atoms with Crippen molar-refractivity contribution in [1.82, 2.24) is 0 Å². The van der Waals surface area contributed by atoms with Crippen LogP contribution in [0.15, 0.2) is 34.5 Å². The van der Waals surface area contributed by atoms with Crippen LogP contribution in [0.5, 0.6) is 0 Å². The SMILES string of the molecule is COC(=O)C1=NC(C)=C(C(=O)OC)C(c2cccc(Cl)c2Cl)C1. The molecule has 1 aliphatic heterocycles. The maximum absolute atomic E-state index is 12.2. The van der Waals surface area contributed by atoms with E-state index in [1.165, 1.54) is 14.2 Å². The first-order valence-corrected chi connectivity index (χ1v) is 7.55. The lowest BCUT2D eigenvalue weighted by molar-refractivity contribution is -0.137. The number of aliphatic imine (C=N–C) groups is 1. The summed E-state index contributed by atoms with van der Waals surface area (Å²) in [5.41, 5.74) is 1.60. The van der Waals surface area contributed by atoms with E-state index in [1.807, 2.05) is 0 Å². The molecule has 5 nitrogen and oxygen atoms in total. The summed E-state index contributed by atoms with van der Waals surface area (Å²) in [6.45, 7) is 1.64. The van der Waals surface area contributed by atoms with E-state index in [-0.39, 0.29) is 12.1 Å². The second-order valence-electron chi connectivity index (χ2n) is 4.94. The summed E-state index contributed by atoms with van der Waals surface area (Å²) in [5.74, 6) is -1.55. The van der Waals surface area contributed by atoms with E-state index in [2.05, 4.69) is 4.99 Å². The van der Waals surface area contributed by atoms with Crippen molar-refractivity contribution in [3.05, 3.63) is 45.1 Å². The number of methoxy groups -OCH3 is 2. The van der Waals surface area contributed by atoms with Gasteiger partial charge in [-0.1, -0.05) is 35.3 Å². The van der Waals surface area contributed by atoms with Crippen molar-refractivity contribution in [3.63, 3.8) is 0 Å². The highest BCUT2D eigenvalue weighted by Gasteiger charge is 2.34. The lowest BCUT2D eigenvalue weighted by Crippen LogP contribution is -2.27. The maximum atomic E-state index is 12.2. The van der Waals surface area contributed by atoms with Gasteiger partial charge in [0, 0.05) is 18.0 Å². The number of hydrogen-bond donors (Lipinski definition) is 0. The van der Waals surface area contributed by atoms with E-state index in [4.69, 9.17) is 32.7 Å². The molecular weight excluding hydrogens is 341 g/mol. The van der Waals surface area contributed by atoms with Crippen LogP contribution in [0.1, 0.15) is 24.8 Å². The van der Waals surface area contributed by atoms with Gasteiger partial charge in [0.1, 0.15) is 5.71 Å². The fourth-order valence-corrected chi connectivity index (χ4v) is 3.00. The Morgan fingerprint density at radius 2 is 1.83 bits per heavy atom. The number of nitrogens with zero attached hydrogens (tertiary/aromatic N) is 1. The minimum Gasteiger partial charge on any atom is -0.466 e. The number of ether oxygens (including phenoxy) is 2. The Morgan fingerprint density at radius 3 is 2.43 bits per heavy atom. The van der Waals surface area contributed by atoms with Crippen LogP contribution in [0, 0.1) is 0 Å². The Hall–Kier alpha value is -1.85. The van der Waals surface area contributed by atoms with Gasteiger partial charge in [-0.2, -0.15) is 0 Å².